The van der Waals surface area contributed by atoms with E-state index in [1.54, 1.807) is 11.8 Å². The molecule has 0 unspecified atom stereocenters. The summed E-state index contributed by atoms with van der Waals surface area (Å²) in [7, 11) is -0.812. The minimum atomic E-state index is -0.812. The first-order chi connectivity index (χ1) is 21.9. The Morgan fingerprint density at radius 3 is 1.80 bits per heavy atom. The number of hydrogen-bond acceptors (Lipinski definition) is 2. The smallest absolute Gasteiger partial charge is 0.234 e. The van der Waals surface area contributed by atoms with Crippen molar-refractivity contribution in [1.29, 1.82) is 0 Å². The van der Waals surface area contributed by atoms with Crippen LogP contribution in [0.25, 0.3) is 0 Å². The van der Waals surface area contributed by atoms with Gasteiger partial charge in [0.2, 0.25) is 5.91 Å². The molecule has 1 N–H and O–H groups in total. The molecule has 0 saturated heterocycles. The zero-order valence-corrected chi connectivity index (χ0v) is 28.3. The summed E-state index contributed by atoms with van der Waals surface area (Å²) in [6, 6.07) is 37.4. The van der Waals surface area contributed by atoms with E-state index in [-0.39, 0.29) is 11.3 Å². The number of anilines is 1. The predicted molar refractivity (Wildman–Crippen MR) is 194 cm³/mol. The predicted octanol–water partition coefficient (Wildman–Crippen LogP) is 8.59. The average molecular weight is 626 g/mol. The second kappa shape index (κ2) is 12.3. The summed E-state index contributed by atoms with van der Waals surface area (Å²) in [6.45, 7) is 9.15. The highest BCUT2D eigenvalue weighted by Gasteiger charge is 2.48. The number of benzene rings is 5. The van der Waals surface area contributed by atoms with Crippen LogP contribution >= 0.6 is 19.7 Å². The Bertz CT molecular complexity index is 1820. The monoisotopic (exact) mass is 625 g/mol. The number of nitrogens with one attached hydrogen (secondary N) is 1. The van der Waals surface area contributed by atoms with Gasteiger partial charge in [-0.05, 0) is 140 Å². The number of hydrogen-bond donors (Lipinski definition) is 1. The summed E-state index contributed by atoms with van der Waals surface area (Å²) in [5.41, 5.74) is 12.1. The molecule has 0 aromatic heterocycles. The Morgan fingerprint density at radius 2 is 1.20 bits per heavy atom. The van der Waals surface area contributed by atoms with Gasteiger partial charge in [-0.3, -0.25) is 4.79 Å². The Balaban J connectivity index is 1.37. The van der Waals surface area contributed by atoms with Crippen LogP contribution in [0.15, 0.2) is 108 Å². The third kappa shape index (κ3) is 5.35. The highest BCUT2D eigenvalue weighted by atomic mass is 32.2. The molecule has 0 radical (unpaired) electrons. The van der Waals surface area contributed by atoms with Gasteiger partial charge in [-0.25, -0.2) is 0 Å². The minimum absolute atomic E-state index is 0.0548. The van der Waals surface area contributed by atoms with Crippen LogP contribution in [0.4, 0.5) is 5.69 Å². The lowest BCUT2D eigenvalue weighted by Crippen LogP contribution is -2.34. The lowest BCUT2D eigenvalue weighted by Gasteiger charge is -2.35. The fraction of sp³-hybridized carbons (Fsp3) is 0.244. The van der Waals surface area contributed by atoms with E-state index in [0.29, 0.717) is 5.75 Å². The first-order valence-corrected chi connectivity index (χ1v) is 18.3. The van der Waals surface area contributed by atoms with Crippen LogP contribution in [0.3, 0.4) is 0 Å². The number of aryl methyl sites for hydroxylation is 6. The van der Waals surface area contributed by atoms with Crippen molar-refractivity contribution >= 4 is 47.2 Å². The summed E-state index contributed by atoms with van der Waals surface area (Å²) in [5.74, 6) is 0.451. The van der Waals surface area contributed by atoms with Crippen LogP contribution in [0.5, 0.6) is 0 Å². The van der Waals surface area contributed by atoms with Gasteiger partial charge in [-0.2, -0.15) is 0 Å². The third-order valence-corrected chi connectivity index (χ3v) is 14.0. The van der Waals surface area contributed by atoms with Gasteiger partial charge in [0.1, 0.15) is 0 Å². The molecular weight excluding hydrogens is 585 g/mol. The zero-order chi connectivity index (χ0) is 31.1. The number of carbonyl (C=O) groups is 1. The van der Waals surface area contributed by atoms with Crippen molar-refractivity contribution in [1.82, 2.24) is 0 Å². The highest BCUT2D eigenvalue weighted by Crippen LogP contribution is 2.56. The summed E-state index contributed by atoms with van der Waals surface area (Å²) in [6.07, 6.45) is 4.27. The molecule has 1 spiro atoms. The molecule has 1 atom stereocenters. The highest BCUT2D eigenvalue weighted by molar-refractivity contribution is 8.00. The molecular formula is C41H40NOPS. The molecule has 0 heterocycles. The van der Waals surface area contributed by atoms with Crippen LogP contribution in [0, 0.1) is 27.7 Å². The maximum Gasteiger partial charge on any atom is 0.234 e. The van der Waals surface area contributed by atoms with Crippen LogP contribution < -0.4 is 21.2 Å². The van der Waals surface area contributed by atoms with Crippen LogP contribution in [0.1, 0.15) is 57.3 Å². The van der Waals surface area contributed by atoms with Crippen molar-refractivity contribution in [3.63, 3.8) is 0 Å². The van der Waals surface area contributed by atoms with Crippen LogP contribution in [-0.4, -0.2) is 11.7 Å². The van der Waals surface area contributed by atoms with Crippen molar-refractivity contribution in [3.05, 3.63) is 148 Å². The topological polar surface area (TPSA) is 29.1 Å². The fourth-order valence-electron chi connectivity index (χ4n) is 7.98. The van der Waals surface area contributed by atoms with Gasteiger partial charge >= 0.3 is 0 Å². The summed E-state index contributed by atoms with van der Waals surface area (Å²) in [4.78, 5) is 14.5. The Labute approximate surface area is 273 Å². The van der Waals surface area contributed by atoms with E-state index in [4.69, 9.17) is 0 Å². The molecule has 1 amide bonds. The number of amides is 1. The summed E-state index contributed by atoms with van der Waals surface area (Å²) in [5, 5.41) is 7.85. The lowest BCUT2D eigenvalue weighted by atomic mass is 9.76. The first kappa shape index (κ1) is 30.0. The molecule has 0 saturated carbocycles. The van der Waals surface area contributed by atoms with E-state index in [0.717, 1.165) is 36.3 Å². The van der Waals surface area contributed by atoms with Gasteiger partial charge in [-0.15, -0.1) is 11.8 Å². The molecule has 0 fully saturated rings. The third-order valence-electron chi connectivity index (χ3n) is 9.83. The number of rotatable bonds is 7. The Morgan fingerprint density at radius 1 is 0.667 bits per heavy atom. The molecule has 7 rings (SSSR count). The number of carbonyl (C=O) groups excluding carboxylic acids is 1. The molecule has 2 nitrogen and oxygen atoms in total. The number of thioether (sulfide) groups is 1. The first-order valence-electron chi connectivity index (χ1n) is 16.0. The molecule has 5 aromatic carbocycles. The Kier molecular flexibility index (Phi) is 8.19. The minimum Gasteiger partial charge on any atom is -0.325 e. The van der Waals surface area contributed by atoms with Crippen molar-refractivity contribution in [2.45, 2.75) is 63.7 Å². The van der Waals surface area contributed by atoms with Gasteiger partial charge in [0.05, 0.1) is 5.75 Å². The van der Waals surface area contributed by atoms with Crippen molar-refractivity contribution in [2.75, 3.05) is 11.1 Å². The van der Waals surface area contributed by atoms with E-state index in [2.05, 4.69) is 118 Å². The summed E-state index contributed by atoms with van der Waals surface area (Å²) < 4.78 is 0. The molecule has 5 aromatic rings. The van der Waals surface area contributed by atoms with Crippen LogP contribution in [-0.2, 0) is 23.1 Å². The quantitative estimate of drug-likeness (QED) is 0.145. The molecule has 2 aliphatic rings. The molecule has 0 aliphatic heterocycles. The molecule has 226 valence electrons. The van der Waals surface area contributed by atoms with Gasteiger partial charge < -0.3 is 5.32 Å². The average Bonchev–Trinajstić information content (AvgIpc) is 3.61. The second-order valence-corrected chi connectivity index (χ2v) is 15.8. The summed E-state index contributed by atoms with van der Waals surface area (Å²) >= 11 is 1.59. The lowest BCUT2D eigenvalue weighted by molar-refractivity contribution is -0.113. The van der Waals surface area contributed by atoms with E-state index >= 15 is 0 Å². The van der Waals surface area contributed by atoms with Gasteiger partial charge in [0, 0.05) is 16.0 Å². The van der Waals surface area contributed by atoms with Crippen molar-refractivity contribution in [2.24, 2.45) is 0 Å². The maximum absolute atomic E-state index is 13.4. The zero-order valence-electron chi connectivity index (χ0n) is 26.6. The molecule has 4 heteroatoms. The number of fused-ring (bicyclic) bond motifs is 4. The standard InChI is InChI=1S/C41H40NOPS/c1-27-12-8-13-28(2)39(27)44(40-29(3)14-9-15-30(40)4)35-21-11-17-32-23-25-41(38(32)35)24-22-31-16-10-20-34(37(31)41)42-36(43)26-45-33-18-6-5-7-19-33/h5-21H,22-26H2,1-4H3,(H,42,43)/t41-/m1/s1. The van der Waals surface area contributed by atoms with E-state index in [1.165, 1.54) is 60.4 Å². The maximum atomic E-state index is 13.4. The van der Waals surface area contributed by atoms with Gasteiger partial charge in [0.15, 0.2) is 0 Å². The largest absolute Gasteiger partial charge is 0.325 e. The SMILES string of the molecule is Cc1cccc(C)c1P(c1cccc2c1[C@]1(CCc3cccc(NC(=O)CSc4ccccc4)c31)CC2)c1c(C)cccc1C. The van der Waals surface area contributed by atoms with Crippen LogP contribution in [0.2, 0.25) is 0 Å². The van der Waals surface area contributed by atoms with Crippen molar-refractivity contribution < 1.29 is 4.79 Å². The Hall–Kier alpha value is -3.65. The molecule has 2 aliphatic carbocycles. The molecule has 45 heavy (non-hydrogen) atoms. The van der Waals surface area contributed by atoms with E-state index < -0.39 is 7.92 Å². The van der Waals surface area contributed by atoms with Crippen molar-refractivity contribution in [3.8, 4) is 0 Å². The van der Waals surface area contributed by atoms with Gasteiger partial charge in [-0.1, -0.05) is 84.9 Å². The van der Waals surface area contributed by atoms with E-state index in [1.807, 2.05) is 18.2 Å². The normalized spacial score (nSPS) is 16.6. The van der Waals surface area contributed by atoms with E-state index in [9.17, 15) is 4.79 Å². The fourth-order valence-corrected chi connectivity index (χ4v) is 11.9. The second-order valence-electron chi connectivity index (χ2n) is 12.7. The van der Waals surface area contributed by atoms with Gasteiger partial charge in [0.25, 0.3) is 0 Å². The molecule has 0 bridgehead atoms.